The van der Waals surface area contributed by atoms with E-state index in [1.54, 1.807) is 55.8 Å². The van der Waals surface area contributed by atoms with Crippen LogP contribution in [0.25, 0.3) is 20.4 Å². The maximum atomic E-state index is 13.5. The Morgan fingerprint density at radius 2 is 1.91 bits per heavy atom. The predicted octanol–water partition coefficient (Wildman–Crippen LogP) is 4.93. The number of nitrogens with one attached hydrogen (secondary N) is 1. The quantitative estimate of drug-likeness (QED) is 0.249. The Kier molecular flexibility index (Phi) is 6.47. The monoisotopic (exact) mass is 506 g/mol. The molecule has 176 valence electrons. The first-order chi connectivity index (χ1) is 17.0. The van der Waals surface area contributed by atoms with E-state index in [4.69, 9.17) is 9.72 Å². The average molecular weight is 507 g/mol. The molecule has 0 fully saturated rings. The molecule has 5 aromatic rings. The number of carbonyl (C=O) groups excluding carboxylic acids is 1. The second-order valence-corrected chi connectivity index (χ2v) is 9.55. The standard InChI is InChI=1S/C25H19FN4O3S2/c1-33-18-10-8-17(9-11-18)28-20(31)14-34-25-29-21-19-3-2-12-27-23(19)35-22(21)24(32)30(25)13-15-4-6-16(26)7-5-15/h2-12H,13-14H2,1H3,(H,28,31). The van der Waals surface area contributed by atoms with Crippen LogP contribution in [0.3, 0.4) is 0 Å². The van der Waals surface area contributed by atoms with Crippen molar-refractivity contribution in [2.45, 2.75) is 11.7 Å². The fourth-order valence-corrected chi connectivity index (χ4v) is 5.39. The molecule has 35 heavy (non-hydrogen) atoms. The molecule has 0 bridgehead atoms. The summed E-state index contributed by atoms with van der Waals surface area (Å²) >= 11 is 2.46. The van der Waals surface area contributed by atoms with Crippen LogP contribution in [0.4, 0.5) is 10.1 Å². The lowest BCUT2D eigenvalue weighted by Gasteiger charge is -2.12. The number of benzene rings is 2. The first-order valence-electron chi connectivity index (χ1n) is 10.6. The first-order valence-corrected chi connectivity index (χ1v) is 12.4. The summed E-state index contributed by atoms with van der Waals surface area (Å²) in [6, 6.07) is 16.7. The van der Waals surface area contributed by atoms with Crippen LogP contribution in [0.1, 0.15) is 5.56 Å². The van der Waals surface area contributed by atoms with Crippen molar-refractivity contribution in [2.24, 2.45) is 0 Å². The van der Waals surface area contributed by atoms with Crippen LogP contribution in [0, 0.1) is 5.82 Å². The number of thioether (sulfide) groups is 1. The van der Waals surface area contributed by atoms with Gasteiger partial charge in [-0.25, -0.2) is 14.4 Å². The molecule has 0 spiro atoms. The summed E-state index contributed by atoms with van der Waals surface area (Å²) in [7, 11) is 1.58. The second kappa shape index (κ2) is 9.85. The molecule has 0 atom stereocenters. The van der Waals surface area contributed by atoms with Crippen molar-refractivity contribution < 1.29 is 13.9 Å². The number of amides is 1. The summed E-state index contributed by atoms with van der Waals surface area (Å²) in [5.41, 5.74) is 1.73. The third kappa shape index (κ3) is 4.89. The van der Waals surface area contributed by atoms with Crippen molar-refractivity contribution in [1.29, 1.82) is 0 Å². The minimum absolute atomic E-state index is 0.0493. The molecule has 0 aliphatic heterocycles. The van der Waals surface area contributed by atoms with Gasteiger partial charge < -0.3 is 10.1 Å². The summed E-state index contributed by atoms with van der Waals surface area (Å²) in [4.78, 5) is 36.0. The van der Waals surface area contributed by atoms with Crippen molar-refractivity contribution in [3.05, 3.63) is 88.6 Å². The number of hydrogen-bond donors (Lipinski definition) is 1. The van der Waals surface area contributed by atoms with Gasteiger partial charge in [0, 0.05) is 17.3 Å². The minimum atomic E-state index is -0.352. The van der Waals surface area contributed by atoms with E-state index in [1.165, 1.54) is 39.8 Å². The molecule has 0 aliphatic rings. The second-order valence-electron chi connectivity index (χ2n) is 7.61. The van der Waals surface area contributed by atoms with Crippen molar-refractivity contribution in [3.63, 3.8) is 0 Å². The zero-order valence-corrected chi connectivity index (χ0v) is 20.2. The Labute approximate surface area is 207 Å². The van der Waals surface area contributed by atoms with Gasteiger partial charge in [0.15, 0.2) is 5.16 Å². The van der Waals surface area contributed by atoms with Crippen LogP contribution < -0.4 is 15.6 Å². The minimum Gasteiger partial charge on any atom is -0.497 e. The van der Waals surface area contributed by atoms with Gasteiger partial charge in [0.25, 0.3) is 5.56 Å². The van der Waals surface area contributed by atoms with E-state index in [2.05, 4.69) is 10.3 Å². The maximum absolute atomic E-state index is 13.5. The van der Waals surface area contributed by atoms with Crippen LogP contribution >= 0.6 is 23.1 Å². The molecule has 0 saturated carbocycles. The molecular formula is C25H19FN4O3S2. The van der Waals surface area contributed by atoms with Crippen molar-refractivity contribution >= 4 is 55.1 Å². The lowest BCUT2D eigenvalue weighted by molar-refractivity contribution is -0.113. The smallest absolute Gasteiger partial charge is 0.272 e. The molecule has 1 N–H and O–H groups in total. The highest BCUT2D eigenvalue weighted by molar-refractivity contribution is 7.99. The number of aromatic nitrogens is 3. The van der Waals surface area contributed by atoms with E-state index >= 15 is 0 Å². The van der Waals surface area contributed by atoms with Crippen molar-refractivity contribution in [2.75, 3.05) is 18.2 Å². The lowest BCUT2D eigenvalue weighted by Crippen LogP contribution is -2.24. The molecule has 10 heteroatoms. The SMILES string of the molecule is COc1ccc(NC(=O)CSc2nc3c(sc4ncccc43)c(=O)n2Cc2ccc(F)cc2)cc1. The number of methoxy groups -OCH3 is 1. The van der Waals surface area contributed by atoms with E-state index in [-0.39, 0.29) is 29.6 Å². The van der Waals surface area contributed by atoms with Crippen molar-refractivity contribution in [3.8, 4) is 5.75 Å². The topological polar surface area (TPSA) is 86.1 Å². The zero-order valence-electron chi connectivity index (χ0n) is 18.5. The number of anilines is 1. The molecule has 1 amide bonds. The summed E-state index contributed by atoms with van der Waals surface area (Å²) in [6.07, 6.45) is 1.67. The Hall–Kier alpha value is -3.76. The number of hydrogen-bond acceptors (Lipinski definition) is 7. The molecule has 3 heterocycles. The molecular weight excluding hydrogens is 487 g/mol. The summed E-state index contributed by atoms with van der Waals surface area (Å²) < 4.78 is 20.6. The van der Waals surface area contributed by atoms with E-state index in [1.807, 2.05) is 6.07 Å². The van der Waals surface area contributed by atoms with Crippen LogP contribution in [0.15, 0.2) is 76.8 Å². The molecule has 2 aromatic carbocycles. The van der Waals surface area contributed by atoms with E-state index in [0.29, 0.717) is 26.8 Å². The molecule has 0 saturated heterocycles. The average Bonchev–Trinajstić information content (AvgIpc) is 3.25. The van der Waals surface area contributed by atoms with Gasteiger partial charge in [0.2, 0.25) is 5.91 Å². The van der Waals surface area contributed by atoms with E-state index in [0.717, 1.165) is 15.8 Å². The van der Waals surface area contributed by atoms with Gasteiger partial charge in [-0.3, -0.25) is 14.2 Å². The largest absolute Gasteiger partial charge is 0.497 e. The summed E-state index contributed by atoms with van der Waals surface area (Å²) in [6.45, 7) is 0.201. The predicted molar refractivity (Wildman–Crippen MR) is 137 cm³/mol. The van der Waals surface area contributed by atoms with Crippen LogP contribution in [-0.2, 0) is 11.3 Å². The van der Waals surface area contributed by atoms with Crippen molar-refractivity contribution in [1.82, 2.24) is 14.5 Å². The van der Waals surface area contributed by atoms with Crippen LogP contribution in [-0.4, -0.2) is 33.3 Å². The molecule has 5 rings (SSSR count). The van der Waals surface area contributed by atoms with Crippen LogP contribution in [0.2, 0.25) is 0 Å². The summed E-state index contributed by atoms with van der Waals surface area (Å²) in [5, 5.41) is 4.03. The number of ether oxygens (including phenoxy) is 1. The third-order valence-corrected chi connectivity index (χ3v) is 7.35. The summed E-state index contributed by atoms with van der Waals surface area (Å²) in [5.74, 6) is 0.153. The van der Waals surface area contributed by atoms with Gasteiger partial charge in [0.05, 0.1) is 24.9 Å². The molecule has 0 aliphatic carbocycles. The fraction of sp³-hybridized carbons (Fsp3) is 0.120. The van der Waals surface area contributed by atoms with Crippen LogP contribution in [0.5, 0.6) is 5.75 Å². The van der Waals surface area contributed by atoms with Gasteiger partial charge in [-0.15, -0.1) is 11.3 Å². The van der Waals surface area contributed by atoms with Gasteiger partial charge >= 0.3 is 0 Å². The number of carbonyl (C=O) groups is 1. The third-order valence-electron chi connectivity index (χ3n) is 5.28. The first kappa shape index (κ1) is 23.0. The highest BCUT2D eigenvalue weighted by atomic mass is 32.2. The molecule has 3 aromatic heterocycles. The number of rotatable bonds is 7. The van der Waals surface area contributed by atoms with Gasteiger partial charge in [-0.2, -0.15) is 0 Å². The van der Waals surface area contributed by atoms with E-state index < -0.39 is 0 Å². The normalized spacial score (nSPS) is 11.1. The number of fused-ring (bicyclic) bond motifs is 3. The van der Waals surface area contributed by atoms with E-state index in [9.17, 15) is 14.0 Å². The highest BCUT2D eigenvalue weighted by Gasteiger charge is 2.18. The fourth-order valence-electron chi connectivity index (χ4n) is 3.56. The Morgan fingerprint density at radius 3 is 2.66 bits per heavy atom. The zero-order chi connectivity index (χ0) is 24.4. The van der Waals surface area contributed by atoms with Gasteiger partial charge in [-0.05, 0) is 54.1 Å². The van der Waals surface area contributed by atoms with Gasteiger partial charge in [-0.1, -0.05) is 23.9 Å². The lowest BCUT2D eigenvalue weighted by atomic mass is 10.2. The molecule has 0 radical (unpaired) electrons. The number of nitrogens with zero attached hydrogens (tertiary/aromatic N) is 3. The number of thiophene rings is 1. The Bertz CT molecular complexity index is 1580. The molecule has 0 unspecified atom stereocenters. The maximum Gasteiger partial charge on any atom is 0.272 e. The van der Waals surface area contributed by atoms with Gasteiger partial charge in [0.1, 0.15) is 21.1 Å². The Balaban J connectivity index is 1.47. The number of pyridine rings is 1. The number of halogens is 1. The highest BCUT2D eigenvalue weighted by Crippen LogP contribution is 2.30. The Morgan fingerprint density at radius 1 is 1.14 bits per heavy atom. The molecule has 7 nitrogen and oxygen atoms in total.